The zero-order valence-corrected chi connectivity index (χ0v) is 16.8. The Morgan fingerprint density at radius 1 is 1.14 bits per heavy atom. The van der Waals surface area contributed by atoms with Gasteiger partial charge in [0.1, 0.15) is 28.9 Å². The number of hydrogen-bond donors (Lipinski definition) is 2. The summed E-state index contributed by atoms with van der Waals surface area (Å²) < 4.78 is 40.9. The molecule has 0 atom stereocenters. The van der Waals surface area contributed by atoms with Crippen molar-refractivity contribution in [2.75, 3.05) is 6.54 Å². The minimum Gasteiger partial charge on any atom is -0.486 e. The van der Waals surface area contributed by atoms with Gasteiger partial charge in [-0.3, -0.25) is 4.79 Å². The van der Waals surface area contributed by atoms with Gasteiger partial charge in [0.15, 0.2) is 0 Å². The van der Waals surface area contributed by atoms with Crippen LogP contribution < -0.4 is 15.2 Å². The number of primary sulfonamides is 1. The van der Waals surface area contributed by atoms with Gasteiger partial charge in [-0.2, -0.15) is 0 Å². The van der Waals surface area contributed by atoms with E-state index in [1.54, 1.807) is 17.5 Å². The van der Waals surface area contributed by atoms with Gasteiger partial charge in [0.25, 0.3) is 5.91 Å². The molecule has 0 unspecified atom stereocenters. The van der Waals surface area contributed by atoms with E-state index in [1.807, 2.05) is 0 Å². The van der Waals surface area contributed by atoms with Crippen molar-refractivity contribution in [3.63, 3.8) is 0 Å². The summed E-state index contributed by atoms with van der Waals surface area (Å²) in [5, 5.41) is 10.1. The molecule has 1 aromatic heterocycles. The second-order valence-electron chi connectivity index (χ2n) is 6.06. The summed E-state index contributed by atoms with van der Waals surface area (Å²) in [4.78, 5) is 16.5. The molecule has 1 heterocycles. The average Bonchev–Trinajstić information content (AvgIpc) is 3.16. The largest absolute Gasteiger partial charge is 0.486 e. The molecule has 10 heteroatoms. The first-order valence-corrected chi connectivity index (χ1v) is 11.0. The first kappa shape index (κ1) is 20.9. The van der Waals surface area contributed by atoms with Crippen LogP contribution in [0.25, 0.3) is 0 Å². The number of hydrogen-bond acceptors (Lipinski definition) is 6. The number of thiazole rings is 1. The number of carbonyl (C=O) groups is 1. The summed E-state index contributed by atoms with van der Waals surface area (Å²) in [5.74, 6) is -0.137. The highest BCUT2D eigenvalue weighted by atomic mass is 32.2. The Labute approximate surface area is 171 Å². The third-order valence-electron chi connectivity index (χ3n) is 3.91. The standard InChI is InChI=1S/C19H18FN3O4S2/c20-14-3-5-15(6-4-14)27-11-18-23-17(12-28-18)19(24)22-10-9-13-1-7-16(8-2-13)29(21,25)26/h1-8,12H,9-11H2,(H,22,24)(H2,21,25,26). The molecule has 0 aliphatic carbocycles. The molecule has 3 rings (SSSR count). The fourth-order valence-electron chi connectivity index (χ4n) is 2.41. The predicted octanol–water partition coefficient (Wildman–Crippen LogP) is 2.48. The number of halogens is 1. The van der Waals surface area contributed by atoms with Crippen molar-refractivity contribution in [1.82, 2.24) is 10.3 Å². The zero-order chi connectivity index (χ0) is 20.9. The Balaban J connectivity index is 1.47. The molecule has 0 fully saturated rings. The van der Waals surface area contributed by atoms with Crippen LogP contribution in [-0.4, -0.2) is 25.9 Å². The van der Waals surface area contributed by atoms with E-state index in [2.05, 4.69) is 10.3 Å². The molecule has 1 amide bonds. The maximum Gasteiger partial charge on any atom is 0.270 e. The van der Waals surface area contributed by atoms with Crippen molar-refractivity contribution in [3.05, 3.63) is 76.0 Å². The van der Waals surface area contributed by atoms with Crippen molar-refractivity contribution in [2.45, 2.75) is 17.9 Å². The molecular weight excluding hydrogens is 417 g/mol. The summed E-state index contributed by atoms with van der Waals surface area (Å²) in [5.41, 5.74) is 1.15. The number of rotatable bonds is 8. The summed E-state index contributed by atoms with van der Waals surface area (Å²) in [6.07, 6.45) is 0.529. The van der Waals surface area contributed by atoms with Gasteiger partial charge >= 0.3 is 0 Å². The summed E-state index contributed by atoms with van der Waals surface area (Å²) in [7, 11) is -3.72. The predicted molar refractivity (Wildman–Crippen MR) is 107 cm³/mol. The highest BCUT2D eigenvalue weighted by Gasteiger charge is 2.11. The molecule has 0 saturated heterocycles. The van der Waals surface area contributed by atoms with Gasteiger partial charge in [0.05, 0.1) is 4.90 Å². The lowest BCUT2D eigenvalue weighted by atomic mass is 10.1. The number of ether oxygens (including phenoxy) is 1. The first-order valence-electron chi connectivity index (χ1n) is 8.54. The van der Waals surface area contributed by atoms with Crippen molar-refractivity contribution in [1.29, 1.82) is 0 Å². The zero-order valence-electron chi connectivity index (χ0n) is 15.2. The van der Waals surface area contributed by atoms with Crippen LogP contribution in [0.5, 0.6) is 5.75 Å². The van der Waals surface area contributed by atoms with Crippen molar-refractivity contribution in [2.24, 2.45) is 5.14 Å². The monoisotopic (exact) mass is 435 g/mol. The van der Waals surface area contributed by atoms with E-state index in [0.29, 0.717) is 23.7 Å². The molecule has 0 aliphatic rings. The van der Waals surface area contributed by atoms with Crippen LogP contribution >= 0.6 is 11.3 Å². The van der Waals surface area contributed by atoms with E-state index in [0.717, 1.165) is 5.56 Å². The Hall–Kier alpha value is -2.82. The molecular formula is C19H18FN3O4S2. The summed E-state index contributed by atoms with van der Waals surface area (Å²) in [6.45, 7) is 0.548. The first-order chi connectivity index (χ1) is 13.8. The second-order valence-corrected chi connectivity index (χ2v) is 8.57. The minimum absolute atomic E-state index is 0.0446. The van der Waals surface area contributed by atoms with Gasteiger partial charge in [-0.25, -0.2) is 22.9 Å². The highest BCUT2D eigenvalue weighted by Crippen LogP contribution is 2.16. The lowest BCUT2D eigenvalue weighted by Crippen LogP contribution is -2.26. The lowest BCUT2D eigenvalue weighted by molar-refractivity contribution is 0.0949. The van der Waals surface area contributed by atoms with Gasteiger partial charge in [0.2, 0.25) is 10.0 Å². The minimum atomic E-state index is -3.72. The van der Waals surface area contributed by atoms with E-state index in [4.69, 9.17) is 9.88 Å². The molecule has 3 aromatic rings. The van der Waals surface area contributed by atoms with Gasteiger partial charge in [-0.1, -0.05) is 12.1 Å². The van der Waals surface area contributed by atoms with Crippen LogP contribution in [-0.2, 0) is 23.1 Å². The Morgan fingerprint density at radius 2 is 1.83 bits per heavy atom. The Kier molecular flexibility index (Phi) is 6.57. The Bertz CT molecular complexity index is 1080. The number of carbonyl (C=O) groups excluding carboxylic acids is 1. The van der Waals surface area contributed by atoms with E-state index < -0.39 is 10.0 Å². The van der Waals surface area contributed by atoms with Crippen LogP contribution in [0.15, 0.2) is 58.8 Å². The number of aromatic nitrogens is 1. The fraction of sp³-hybridized carbons (Fsp3) is 0.158. The maximum atomic E-state index is 12.9. The number of sulfonamides is 1. The number of nitrogens with zero attached hydrogens (tertiary/aromatic N) is 1. The molecule has 2 aromatic carbocycles. The maximum absolute atomic E-state index is 12.9. The topological polar surface area (TPSA) is 111 Å². The van der Waals surface area contributed by atoms with Crippen molar-refractivity contribution < 1.29 is 22.3 Å². The molecule has 7 nitrogen and oxygen atoms in total. The smallest absolute Gasteiger partial charge is 0.270 e. The molecule has 0 bridgehead atoms. The van der Waals surface area contributed by atoms with Gasteiger partial charge < -0.3 is 10.1 Å². The van der Waals surface area contributed by atoms with Crippen LogP contribution in [0, 0.1) is 5.82 Å². The molecule has 0 radical (unpaired) electrons. The van der Waals surface area contributed by atoms with E-state index in [-0.39, 0.29) is 28.9 Å². The quantitative estimate of drug-likeness (QED) is 0.565. The van der Waals surface area contributed by atoms with E-state index in [1.165, 1.54) is 47.7 Å². The second kappa shape index (κ2) is 9.12. The summed E-state index contributed by atoms with van der Waals surface area (Å²) in [6, 6.07) is 11.8. The average molecular weight is 436 g/mol. The molecule has 0 spiro atoms. The van der Waals surface area contributed by atoms with Crippen LogP contribution in [0.3, 0.4) is 0 Å². The van der Waals surface area contributed by atoms with Crippen molar-refractivity contribution >= 4 is 27.3 Å². The molecule has 3 N–H and O–H groups in total. The third kappa shape index (κ3) is 6.08. The van der Waals surface area contributed by atoms with Crippen LogP contribution in [0.2, 0.25) is 0 Å². The fourth-order valence-corrected chi connectivity index (χ4v) is 3.61. The highest BCUT2D eigenvalue weighted by molar-refractivity contribution is 7.89. The normalized spacial score (nSPS) is 11.2. The molecule has 29 heavy (non-hydrogen) atoms. The number of amides is 1. The molecule has 0 aliphatic heterocycles. The lowest BCUT2D eigenvalue weighted by Gasteiger charge is -2.05. The third-order valence-corrected chi connectivity index (χ3v) is 5.66. The number of nitrogens with one attached hydrogen (secondary N) is 1. The number of benzene rings is 2. The van der Waals surface area contributed by atoms with Gasteiger partial charge in [-0.15, -0.1) is 11.3 Å². The van der Waals surface area contributed by atoms with Gasteiger partial charge in [0, 0.05) is 11.9 Å². The van der Waals surface area contributed by atoms with Crippen LogP contribution in [0.4, 0.5) is 4.39 Å². The van der Waals surface area contributed by atoms with Gasteiger partial charge in [-0.05, 0) is 48.4 Å². The SMILES string of the molecule is NS(=O)(=O)c1ccc(CCNC(=O)c2csc(COc3ccc(F)cc3)n2)cc1. The van der Waals surface area contributed by atoms with E-state index >= 15 is 0 Å². The Morgan fingerprint density at radius 3 is 2.48 bits per heavy atom. The molecule has 152 valence electrons. The summed E-state index contributed by atoms with van der Waals surface area (Å²) >= 11 is 1.29. The van der Waals surface area contributed by atoms with E-state index in [9.17, 15) is 17.6 Å². The molecule has 0 saturated carbocycles. The van der Waals surface area contributed by atoms with Crippen LogP contribution in [0.1, 0.15) is 21.1 Å². The number of nitrogens with two attached hydrogens (primary N) is 1. The van der Waals surface area contributed by atoms with Crippen molar-refractivity contribution in [3.8, 4) is 5.75 Å².